The molecule has 1 heterocycles. The molecule has 3 aromatic carbocycles. The minimum atomic E-state index is -0.456. The maximum Gasteiger partial charge on any atom is 0.270 e. The summed E-state index contributed by atoms with van der Waals surface area (Å²) >= 11 is 9.00. The van der Waals surface area contributed by atoms with Gasteiger partial charge in [-0.05, 0) is 60.3 Å². The molecule has 1 aliphatic rings. The van der Waals surface area contributed by atoms with Crippen LogP contribution in [0.5, 0.6) is 0 Å². The molecule has 1 saturated heterocycles. The number of halogens is 1. The van der Waals surface area contributed by atoms with Crippen LogP contribution in [0.4, 0.5) is 11.4 Å². The van der Waals surface area contributed by atoms with Crippen molar-refractivity contribution in [1.29, 1.82) is 0 Å². The third-order valence-corrected chi connectivity index (χ3v) is 5.59. The maximum absolute atomic E-state index is 13.3. The molecule has 0 bridgehead atoms. The average Bonchev–Trinajstić information content (AvgIpc) is 2.79. The third-order valence-electron chi connectivity index (χ3n) is 4.70. The average molecular weight is 489 g/mol. The Kier molecular flexibility index (Phi) is 6.21. The fourth-order valence-corrected chi connectivity index (χ4v) is 3.83. The van der Waals surface area contributed by atoms with Gasteiger partial charge >= 0.3 is 0 Å². The van der Waals surface area contributed by atoms with Gasteiger partial charge in [-0.15, -0.1) is 0 Å². The van der Waals surface area contributed by atoms with E-state index in [1.54, 1.807) is 36.4 Å². The summed E-state index contributed by atoms with van der Waals surface area (Å²) in [5, 5.41) is 0.118. The van der Waals surface area contributed by atoms with E-state index in [4.69, 9.17) is 12.2 Å². The van der Waals surface area contributed by atoms with E-state index >= 15 is 0 Å². The number of para-hydroxylation sites is 1. The molecule has 4 rings (SSSR count). The molecule has 1 fully saturated rings. The smallest absolute Gasteiger partial charge is 0.268 e. The molecule has 0 aromatic heterocycles. The highest BCUT2D eigenvalue weighted by atomic mass is 79.9. The van der Waals surface area contributed by atoms with Crippen LogP contribution in [0.1, 0.15) is 5.56 Å². The summed E-state index contributed by atoms with van der Waals surface area (Å²) in [4.78, 5) is 29.4. The van der Waals surface area contributed by atoms with Gasteiger partial charge in [0.15, 0.2) is 5.11 Å². The van der Waals surface area contributed by atoms with Crippen molar-refractivity contribution in [3.05, 3.63) is 113 Å². The Morgan fingerprint density at radius 3 is 1.81 bits per heavy atom. The molecule has 0 aliphatic carbocycles. The second kappa shape index (κ2) is 9.20. The number of carbonyl (C=O) groups is 2. The monoisotopic (exact) mass is 488 g/mol. The fraction of sp³-hybridized carbons (Fsp3) is 0. The summed E-state index contributed by atoms with van der Waals surface area (Å²) in [6.07, 6.45) is 5.09. The molecule has 1 aliphatic heterocycles. The zero-order valence-corrected chi connectivity index (χ0v) is 18.7. The summed E-state index contributed by atoms with van der Waals surface area (Å²) < 4.78 is 0.879. The van der Waals surface area contributed by atoms with Crippen LogP contribution < -0.4 is 9.80 Å². The van der Waals surface area contributed by atoms with Crippen molar-refractivity contribution in [2.75, 3.05) is 9.80 Å². The third kappa shape index (κ3) is 4.40. The highest BCUT2D eigenvalue weighted by Crippen LogP contribution is 2.29. The second-order valence-corrected chi connectivity index (χ2v) is 8.01. The van der Waals surface area contributed by atoms with Crippen molar-refractivity contribution < 1.29 is 9.59 Å². The Morgan fingerprint density at radius 2 is 1.23 bits per heavy atom. The van der Waals surface area contributed by atoms with Crippen LogP contribution in [-0.4, -0.2) is 16.9 Å². The molecule has 0 unspecified atom stereocenters. The molecule has 0 N–H and O–H groups in total. The minimum Gasteiger partial charge on any atom is -0.268 e. The van der Waals surface area contributed by atoms with Crippen molar-refractivity contribution in [2.24, 2.45) is 0 Å². The van der Waals surface area contributed by atoms with Gasteiger partial charge in [0.25, 0.3) is 11.8 Å². The molecule has 2 amide bonds. The Balaban J connectivity index is 1.78. The lowest BCUT2D eigenvalue weighted by Crippen LogP contribution is -2.57. The number of thiocarbonyl (C=S) groups is 1. The van der Waals surface area contributed by atoms with Gasteiger partial charge in [0.05, 0.1) is 11.4 Å². The van der Waals surface area contributed by atoms with Gasteiger partial charge < -0.3 is 0 Å². The van der Waals surface area contributed by atoms with Crippen molar-refractivity contribution in [1.82, 2.24) is 0 Å². The van der Waals surface area contributed by atoms with E-state index in [2.05, 4.69) is 15.9 Å². The van der Waals surface area contributed by atoms with Gasteiger partial charge in [-0.1, -0.05) is 76.6 Å². The van der Waals surface area contributed by atoms with E-state index in [0.717, 1.165) is 10.0 Å². The maximum atomic E-state index is 13.3. The highest BCUT2D eigenvalue weighted by molar-refractivity contribution is 9.10. The van der Waals surface area contributed by atoms with Gasteiger partial charge in [-0.2, -0.15) is 0 Å². The molecule has 152 valence electrons. The first-order valence-corrected chi connectivity index (χ1v) is 10.7. The quantitative estimate of drug-likeness (QED) is 0.266. The van der Waals surface area contributed by atoms with Crippen LogP contribution in [0.25, 0.3) is 6.08 Å². The summed E-state index contributed by atoms with van der Waals surface area (Å²) in [6, 6.07) is 26.0. The van der Waals surface area contributed by atoms with Crippen LogP contribution in [0.15, 0.2) is 107 Å². The number of anilines is 2. The number of carbonyl (C=O) groups excluding carboxylic acids is 2. The van der Waals surface area contributed by atoms with Gasteiger partial charge in [0, 0.05) is 4.47 Å². The van der Waals surface area contributed by atoms with Gasteiger partial charge in [-0.3, -0.25) is 19.4 Å². The van der Waals surface area contributed by atoms with Gasteiger partial charge in [-0.25, -0.2) is 0 Å². The number of amides is 2. The molecular formula is C25H17BrN2O2S. The lowest BCUT2D eigenvalue weighted by molar-refractivity contribution is -0.120. The predicted octanol–water partition coefficient (Wildman–Crippen LogP) is 5.75. The summed E-state index contributed by atoms with van der Waals surface area (Å²) in [7, 11) is 0. The minimum absolute atomic E-state index is 0.0348. The van der Waals surface area contributed by atoms with E-state index in [1.807, 2.05) is 66.7 Å². The molecular weight excluding hydrogens is 472 g/mol. The van der Waals surface area contributed by atoms with Crippen LogP contribution >= 0.6 is 28.1 Å². The zero-order valence-electron chi connectivity index (χ0n) is 16.3. The lowest BCUT2D eigenvalue weighted by Gasteiger charge is -2.36. The molecule has 0 saturated carbocycles. The molecule has 3 aromatic rings. The van der Waals surface area contributed by atoms with Crippen molar-refractivity contribution >= 4 is 62.5 Å². The number of rotatable bonds is 4. The largest absolute Gasteiger partial charge is 0.270 e. The van der Waals surface area contributed by atoms with Crippen molar-refractivity contribution in [3.63, 3.8) is 0 Å². The number of nitrogens with zero attached hydrogens (tertiary/aromatic N) is 2. The molecule has 6 heteroatoms. The van der Waals surface area contributed by atoms with Crippen molar-refractivity contribution in [2.45, 2.75) is 0 Å². The number of allylic oxidation sites excluding steroid dienone is 2. The van der Waals surface area contributed by atoms with Gasteiger partial charge in [0.2, 0.25) is 0 Å². The van der Waals surface area contributed by atoms with E-state index in [9.17, 15) is 9.59 Å². The summed E-state index contributed by atoms with van der Waals surface area (Å²) in [5.41, 5.74) is 2.19. The molecule has 0 spiro atoms. The van der Waals surface area contributed by atoms with E-state index in [0.29, 0.717) is 11.4 Å². The zero-order chi connectivity index (χ0) is 21.8. The molecule has 31 heavy (non-hydrogen) atoms. The molecule has 4 nitrogen and oxygen atoms in total. The first-order valence-electron chi connectivity index (χ1n) is 9.53. The second-order valence-electron chi connectivity index (χ2n) is 6.73. The standard InChI is InChI=1S/C25H17BrN2O2S/c26-19-14-16-21(17-15-19)28-24(30)22(13-7-10-18-8-3-1-4-9-18)23(29)27(25(28)31)20-11-5-2-6-12-20/h1-17H/b10-7+,22-13-. The van der Waals surface area contributed by atoms with E-state index in [1.165, 1.54) is 9.80 Å². The van der Waals surface area contributed by atoms with Crippen LogP contribution in [-0.2, 0) is 9.59 Å². The van der Waals surface area contributed by atoms with Crippen molar-refractivity contribution in [3.8, 4) is 0 Å². The normalized spacial score (nSPS) is 15.9. The molecule has 0 radical (unpaired) electrons. The first-order chi connectivity index (χ1) is 15.1. The van der Waals surface area contributed by atoms with Crippen LogP contribution in [0.3, 0.4) is 0 Å². The summed E-state index contributed by atoms with van der Waals surface area (Å²) in [5.74, 6) is -0.908. The van der Waals surface area contributed by atoms with Crippen LogP contribution in [0, 0.1) is 0 Å². The number of hydrogen-bond donors (Lipinski definition) is 0. The first kappa shape index (κ1) is 20.9. The number of hydrogen-bond acceptors (Lipinski definition) is 3. The Hall–Kier alpha value is -3.35. The Bertz CT molecular complexity index is 1190. The van der Waals surface area contributed by atoms with Crippen LogP contribution in [0.2, 0.25) is 0 Å². The number of benzene rings is 3. The predicted molar refractivity (Wildman–Crippen MR) is 132 cm³/mol. The van der Waals surface area contributed by atoms with E-state index in [-0.39, 0.29) is 10.7 Å². The lowest BCUT2D eigenvalue weighted by atomic mass is 10.1. The highest BCUT2D eigenvalue weighted by Gasteiger charge is 2.40. The van der Waals surface area contributed by atoms with E-state index < -0.39 is 11.8 Å². The molecule has 0 atom stereocenters. The topological polar surface area (TPSA) is 40.6 Å². The summed E-state index contributed by atoms with van der Waals surface area (Å²) in [6.45, 7) is 0. The Morgan fingerprint density at radius 1 is 0.710 bits per heavy atom. The SMILES string of the molecule is O=C1/C(=C/C=C/c2ccccc2)C(=O)N(c2ccc(Br)cc2)C(=S)N1c1ccccc1. The van der Waals surface area contributed by atoms with Gasteiger partial charge in [0.1, 0.15) is 5.57 Å². The Labute approximate surface area is 194 Å². The fourth-order valence-electron chi connectivity index (χ4n) is 3.19.